The van der Waals surface area contributed by atoms with Crippen LogP contribution in [0.2, 0.25) is 0 Å². The van der Waals surface area contributed by atoms with Gasteiger partial charge in [0, 0.05) is 17.9 Å². The van der Waals surface area contributed by atoms with Gasteiger partial charge in [-0.1, -0.05) is 42.8 Å². The SMILES string of the molecule is CCC=C(C)C(=O)N1CSCC1C(=O)NCCc1cccc(C)c1. The Kier molecular flexibility index (Phi) is 6.91. The van der Waals surface area contributed by atoms with Crippen molar-refractivity contribution in [3.8, 4) is 0 Å². The Morgan fingerprint density at radius 2 is 2.21 bits per heavy atom. The Balaban J connectivity index is 1.89. The molecule has 1 fully saturated rings. The van der Waals surface area contributed by atoms with Crippen molar-refractivity contribution < 1.29 is 9.59 Å². The number of amides is 2. The van der Waals surface area contributed by atoms with Crippen LogP contribution in [0.3, 0.4) is 0 Å². The Morgan fingerprint density at radius 3 is 2.92 bits per heavy atom. The second-order valence-corrected chi connectivity index (χ2v) is 7.12. The lowest BCUT2D eigenvalue weighted by atomic mass is 10.1. The van der Waals surface area contributed by atoms with Crippen molar-refractivity contribution >= 4 is 23.6 Å². The summed E-state index contributed by atoms with van der Waals surface area (Å²) < 4.78 is 0. The molecule has 0 aliphatic carbocycles. The summed E-state index contributed by atoms with van der Waals surface area (Å²) in [4.78, 5) is 26.6. The fourth-order valence-electron chi connectivity index (χ4n) is 2.80. The molecule has 2 rings (SSSR count). The first kappa shape index (κ1) is 18.6. The van der Waals surface area contributed by atoms with Gasteiger partial charge in [0.25, 0.3) is 5.91 Å². The minimum atomic E-state index is -0.361. The summed E-state index contributed by atoms with van der Waals surface area (Å²) >= 11 is 1.63. The molecular weight excluding hydrogens is 320 g/mol. The summed E-state index contributed by atoms with van der Waals surface area (Å²) in [5, 5.41) is 2.98. The second kappa shape index (κ2) is 8.92. The van der Waals surface area contributed by atoms with E-state index in [2.05, 4.69) is 30.4 Å². The number of nitrogens with zero attached hydrogens (tertiary/aromatic N) is 1. The van der Waals surface area contributed by atoms with E-state index in [4.69, 9.17) is 0 Å². The van der Waals surface area contributed by atoms with Gasteiger partial charge in [0.2, 0.25) is 5.91 Å². The monoisotopic (exact) mass is 346 g/mol. The Bertz CT molecular complexity index is 628. The van der Waals surface area contributed by atoms with Crippen LogP contribution in [-0.4, -0.2) is 40.9 Å². The zero-order valence-corrected chi connectivity index (χ0v) is 15.5. The number of hydrogen-bond acceptors (Lipinski definition) is 3. The summed E-state index contributed by atoms with van der Waals surface area (Å²) in [5.41, 5.74) is 3.16. The highest BCUT2D eigenvalue weighted by atomic mass is 32.2. The molecule has 130 valence electrons. The van der Waals surface area contributed by atoms with Crippen molar-refractivity contribution in [1.29, 1.82) is 0 Å². The van der Waals surface area contributed by atoms with Crippen LogP contribution >= 0.6 is 11.8 Å². The molecule has 1 heterocycles. The standard InChI is InChI=1S/C19H26N2O2S/c1-4-6-15(3)19(23)21-13-24-12-17(21)18(22)20-10-9-16-8-5-7-14(2)11-16/h5-8,11,17H,4,9-10,12-13H2,1-3H3,(H,20,22). The maximum Gasteiger partial charge on any atom is 0.250 e. The molecule has 1 saturated heterocycles. The third kappa shape index (κ3) is 4.87. The number of thioether (sulfide) groups is 1. The molecule has 0 spiro atoms. The van der Waals surface area contributed by atoms with Crippen LogP contribution in [0.25, 0.3) is 0 Å². The molecule has 1 N–H and O–H groups in total. The van der Waals surface area contributed by atoms with Crippen LogP contribution < -0.4 is 5.32 Å². The minimum Gasteiger partial charge on any atom is -0.354 e. The largest absolute Gasteiger partial charge is 0.354 e. The summed E-state index contributed by atoms with van der Waals surface area (Å²) in [5.74, 6) is 1.18. The van der Waals surface area contributed by atoms with E-state index in [0.29, 0.717) is 18.2 Å². The molecule has 1 aliphatic rings. The molecule has 1 aromatic rings. The van der Waals surface area contributed by atoms with Gasteiger partial charge in [-0.15, -0.1) is 11.8 Å². The van der Waals surface area contributed by atoms with Crippen molar-refractivity contribution in [2.24, 2.45) is 0 Å². The number of nitrogens with one attached hydrogen (secondary N) is 1. The van der Waals surface area contributed by atoms with Gasteiger partial charge in [-0.2, -0.15) is 0 Å². The van der Waals surface area contributed by atoms with E-state index in [0.717, 1.165) is 18.4 Å². The van der Waals surface area contributed by atoms with E-state index in [1.807, 2.05) is 26.0 Å². The van der Waals surface area contributed by atoms with Gasteiger partial charge in [-0.05, 0) is 32.3 Å². The average Bonchev–Trinajstić information content (AvgIpc) is 3.04. The normalized spacial score (nSPS) is 17.9. The number of rotatable bonds is 6. The minimum absolute atomic E-state index is 0.0271. The highest BCUT2D eigenvalue weighted by Crippen LogP contribution is 2.23. The first-order chi connectivity index (χ1) is 11.5. The summed E-state index contributed by atoms with van der Waals surface area (Å²) in [6.45, 7) is 6.48. The highest BCUT2D eigenvalue weighted by molar-refractivity contribution is 7.99. The molecule has 1 aromatic carbocycles. The number of benzene rings is 1. The first-order valence-electron chi connectivity index (χ1n) is 8.41. The van der Waals surface area contributed by atoms with E-state index in [1.165, 1.54) is 11.1 Å². The second-order valence-electron chi connectivity index (χ2n) is 6.12. The fourth-order valence-corrected chi connectivity index (χ4v) is 3.95. The van der Waals surface area contributed by atoms with Gasteiger partial charge in [-0.25, -0.2) is 0 Å². The molecule has 1 unspecified atom stereocenters. The molecule has 1 aliphatic heterocycles. The van der Waals surface area contributed by atoms with Gasteiger partial charge in [0.05, 0.1) is 5.88 Å². The lowest BCUT2D eigenvalue weighted by Gasteiger charge is -2.23. The van der Waals surface area contributed by atoms with Gasteiger partial charge < -0.3 is 10.2 Å². The third-order valence-corrected chi connectivity index (χ3v) is 5.10. The maximum atomic E-state index is 12.5. The van der Waals surface area contributed by atoms with Crippen LogP contribution in [-0.2, 0) is 16.0 Å². The molecule has 5 heteroatoms. The summed E-state index contributed by atoms with van der Waals surface area (Å²) in [6.07, 6.45) is 3.54. The van der Waals surface area contributed by atoms with E-state index in [-0.39, 0.29) is 17.9 Å². The molecule has 1 atom stereocenters. The Hall–Kier alpha value is -1.75. The number of aryl methyl sites for hydroxylation is 1. The molecule has 24 heavy (non-hydrogen) atoms. The van der Waals surface area contributed by atoms with E-state index >= 15 is 0 Å². The number of allylic oxidation sites excluding steroid dienone is 1. The summed E-state index contributed by atoms with van der Waals surface area (Å²) in [7, 11) is 0. The van der Waals surface area contributed by atoms with Gasteiger partial charge in [0.1, 0.15) is 6.04 Å². The zero-order valence-electron chi connectivity index (χ0n) is 14.7. The molecule has 2 amide bonds. The quantitative estimate of drug-likeness (QED) is 0.806. The van der Waals surface area contributed by atoms with Gasteiger partial charge in [0.15, 0.2) is 0 Å². The van der Waals surface area contributed by atoms with Crippen LogP contribution in [0.5, 0.6) is 0 Å². The highest BCUT2D eigenvalue weighted by Gasteiger charge is 2.34. The molecular formula is C19H26N2O2S. The topological polar surface area (TPSA) is 49.4 Å². The van der Waals surface area contributed by atoms with E-state index in [1.54, 1.807) is 16.7 Å². The van der Waals surface area contributed by atoms with E-state index in [9.17, 15) is 9.59 Å². The lowest BCUT2D eigenvalue weighted by molar-refractivity contribution is -0.135. The third-order valence-electron chi connectivity index (χ3n) is 4.09. The van der Waals surface area contributed by atoms with Crippen molar-refractivity contribution in [3.63, 3.8) is 0 Å². The average molecular weight is 346 g/mol. The van der Waals surface area contributed by atoms with Crippen LogP contribution in [0.1, 0.15) is 31.4 Å². The number of carbonyl (C=O) groups excluding carboxylic acids is 2. The van der Waals surface area contributed by atoms with Crippen molar-refractivity contribution in [2.45, 2.75) is 39.7 Å². The predicted octanol–water partition coefficient (Wildman–Crippen LogP) is 2.91. The van der Waals surface area contributed by atoms with Crippen LogP contribution in [0, 0.1) is 6.92 Å². The van der Waals surface area contributed by atoms with Crippen molar-refractivity contribution in [2.75, 3.05) is 18.2 Å². The summed E-state index contributed by atoms with van der Waals surface area (Å²) in [6, 6.07) is 7.93. The predicted molar refractivity (Wildman–Crippen MR) is 99.9 cm³/mol. The first-order valence-corrected chi connectivity index (χ1v) is 9.57. The molecule has 0 saturated carbocycles. The van der Waals surface area contributed by atoms with E-state index < -0.39 is 0 Å². The Morgan fingerprint density at radius 1 is 1.42 bits per heavy atom. The lowest BCUT2D eigenvalue weighted by Crippen LogP contribution is -2.47. The molecule has 4 nitrogen and oxygen atoms in total. The Labute approximate surface area is 148 Å². The number of hydrogen-bond donors (Lipinski definition) is 1. The van der Waals surface area contributed by atoms with Crippen LogP contribution in [0.15, 0.2) is 35.9 Å². The molecule has 0 aromatic heterocycles. The maximum absolute atomic E-state index is 12.5. The van der Waals surface area contributed by atoms with Gasteiger partial charge >= 0.3 is 0 Å². The van der Waals surface area contributed by atoms with Gasteiger partial charge in [-0.3, -0.25) is 9.59 Å². The smallest absolute Gasteiger partial charge is 0.250 e. The zero-order chi connectivity index (χ0) is 17.5. The molecule has 0 bridgehead atoms. The van der Waals surface area contributed by atoms with Crippen molar-refractivity contribution in [3.05, 3.63) is 47.0 Å². The number of carbonyl (C=O) groups is 2. The van der Waals surface area contributed by atoms with Crippen molar-refractivity contribution in [1.82, 2.24) is 10.2 Å². The molecule has 0 radical (unpaired) electrons. The van der Waals surface area contributed by atoms with Crippen LogP contribution in [0.4, 0.5) is 0 Å². The fraction of sp³-hybridized carbons (Fsp3) is 0.474.